The molecule has 3 nitrogen and oxygen atoms in total. The lowest BCUT2D eigenvalue weighted by Crippen LogP contribution is -2.21. The van der Waals surface area contributed by atoms with Crippen molar-refractivity contribution in [1.29, 1.82) is 0 Å². The van der Waals surface area contributed by atoms with Gasteiger partial charge in [-0.3, -0.25) is 0 Å². The molecule has 3 rings (SSSR count). The number of para-hydroxylation sites is 1. The highest BCUT2D eigenvalue weighted by Gasteiger charge is 2.24. The number of rotatable bonds is 4. The molecular weight excluding hydrogens is 292 g/mol. The van der Waals surface area contributed by atoms with E-state index in [1.165, 1.54) is 10.6 Å². The summed E-state index contributed by atoms with van der Waals surface area (Å²) in [6.07, 6.45) is 4.39. The number of nitrogens with one attached hydrogen (secondary N) is 1. The normalized spacial score (nSPS) is 16.9. The van der Waals surface area contributed by atoms with Crippen molar-refractivity contribution >= 4 is 29.2 Å². The Balaban J connectivity index is 1.78. The maximum atomic E-state index is 5.41. The minimum absolute atomic E-state index is 0.326. The average molecular weight is 312 g/mol. The highest BCUT2D eigenvalue weighted by atomic mass is 32.2. The SMILES string of the molecule is CNc1ccc(C=CC2Sc3ccccc3N2C)cc1OC. The van der Waals surface area contributed by atoms with Gasteiger partial charge < -0.3 is 15.0 Å². The minimum atomic E-state index is 0.326. The van der Waals surface area contributed by atoms with E-state index < -0.39 is 0 Å². The van der Waals surface area contributed by atoms with Crippen LogP contribution in [0.2, 0.25) is 0 Å². The molecule has 0 bridgehead atoms. The van der Waals surface area contributed by atoms with Gasteiger partial charge in [-0.25, -0.2) is 0 Å². The molecule has 0 amide bonds. The molecule has 1 N–H and O–H groups in total. The summed E-state index contributed by atoms with van der Waals surface area (Å²) in [5.74, 6) is 0.861. The van der Waals surface area contributed by atoms with Crippen LogP contribution >= 0.6 is 11.8 Å². The lowest BCUT2D eigenvalue weighted by atomic mass is 10.1. The fourth-order valence-corrected chi connectivity index (χ4v) is 3.75. The number of hydrogen-bond donors (Lipinski definition) is 1. The van der Waals surface area contributed by atoms with Gasteiger partial charge in [-0.15, -0.1) is 0 Å². The van der Waals surface area contributed by atoms with E-state index in [2.05, 4.69) is 65.8 Å². The first-order valence-electron chi connectivity index (χ1n) is 7.25. The third-order valence-corrected chi connectivity index (χ3v) is 5.14. The summed E-state index contributed by atoms with van der Waals surface area (Å²) in [7, 11) is 5.73. The van der Waals surface area contributed by atoms with Crippen molar-refractivity contribution in [2.75, 3.05) is 31.4 Å². The summed E-state index contributed by atoms with van der Waals surface area (Å²) in [5, 5.41) is 3.45. The van der Waals surface area contributed by atoms with Crippen LogP contribution in [0.1, 0.15) is 5.56 Å². The molecule has 22 heavy (non-hydrogen) atoms. The van der Waals surface area contributed by atoms with Crippen LogP contribution in [0.15, 0.2) is 53.4 Å². The first-order chi connectivity index (χ1) is 10.7. The maximum absolute atomic E-state index is 5.41. The van der Waals surface area contributed by atoms with E-state index in [0.29, 0.717) is 5.37 Å². The summed E-state index contributed by atoms with van der Waals surface area (Å²) < 4.78 is 5.41. The summed E-state index contributed by atoms with van der Waals surface area (Å²) in [6, 6.07) is 14.7. The van der Waals surface area contributed by atoms with Gasteiger partial charge in [0.15, 0.2) is 0 Å². The van der Waals surface area contributed by atoms with E-state index >= 15 is 0 Å². The average Bonchev–Trinajstić information content (AvgIpc) is 2.89. The number of fused-ring (bicyclic) bond motifs is 1. The lowest BCUT2D eigenvalue weighted by molar-refractivity contribution is 0.416. The number of anilines is 2. The number of thioether (sulfide) groups is 1. The van der Waals surface area contributed by atoms with Crippen LogP contribution < -0.4 is 15.0 Å². The molecule has 114 valence electrons. The Morgan fingerprint density at radius 2 is 2.05 bits per heavy atom. The molecule has 0 fully saturated rings. The third kappa shape index (κ3) is 2.79. The summed E-state index contributed by atoms with van der Waals surface area (Å²) >= 11 is 1.88. The van der Waals surface area contributed by atoms with Crippen LogP contribution in [0.5, 0.6) is 5.75 Å². The number of hydrogen-bond acceptors (Lipinski definition) is 4. The molecule has 2 aromatic rings. The van der Waals surface area contributed by atoms with Crippen molar-refractivity contribution in [2.45, 2.75) is 10.3 Å². The molecule has 1 unspecified atom stereocenters. The van der Waals surface area contributed by atoms with E-state index in [4.69, 9.17) is 4.74 Å². The van der Waals surface area contributed by atoms with Gasteiger partial charge in [0.25, 0.3) is 0 Å². The maximum Gasteiger partial charge on any atom is 0.142 e. The Morgan fingerprint density at radius 1 is 1.23 bits per heavy atom. The predicted molar refractivity (Wildman–Crippen MR) is 96.1 cm³/mol. The van der Waals surface area contributed by atoms with Crippen LogP contribution in [0.3, 0.4) is 0 Å². The zero-order valence-electron chi connectivity index (χ0n) is 13.0. The standard InChI is InChI=1S/C18H20N2OS/c1-19-14-10-8-13(12-16(14)21-3)9-11-18-20(2)15-6-4-5-7-17(15)22-18/h4-12,18-19H,1-3H3. The Bertz CT molecular complexity index is 699. The van der Waals surface area contributed by atoms with Gasteiger partial charge in [0.2, 0.25) is 0 Å². The second-order valence-electron chi connectivity index (χ2n) is 5.16. The molecular formula is C18H20N2OS. The van der Waals surface area contributed by atoms with Gasteiger partial charge >= 0.3 is 0 Å². The van der Waals surface area contributed by atoms with E-state index in [0.717, 1.165) is 17.0 Å². The minimum Gasteiger partial charge on any atom is -0.495 e. The van der Waals surface area contributed by atoms with Gasteiger partial charge in [0.05, 0.1) is 23.9 Å². The van der Waals surface area contributed by atoms with Crippen molar-refractivity contribution in [1.82, 2.24) is 0 Å². The fourth-order valence-electron chi connectivity index (χ4n) is 2.57. The summed E-state index contributed by atoms with van der Waals surface area (Å²) in [4.78, 5) is 3.64. The molecule has 0 aliphatic carbocycles. The topological polar surface area (TPSA) is 24.5 Å². The summed E-state index contributed by atoms with van der Waals surface area (Å²) in [5.41, 5.74) is 3.44. The molecule has 0 aromatic heterocycles. The number of likely N-dealkylation sites (N-methyl/N-ethyl adjacent to an activating group) is 1. The predicted octanol–water partition coefficient (Wildman–Crippen LogP) is 4.32. The lowest BCUT2D eigenvalue weighted by Gasteiger charge is -2.18. The summed E-state index contributed by atoms with van der Waals surface area (Å²) in [6.45, 7) is 0. The molecule has 1 aliphatic rings. The van der Waals surface area contributed by atoms with Gasteiger partial charge in [-0.2, -0.15) is 0 Å². The monoisotopic (exact) mass is 312 g/mol. The molecule has 1 atom stereocenters. The van der Waals surface area contributed by atoms with Crippen molar-refractivity contribution in [3.8, 4) is 5.75 Å². The molecule has 1 aliphatic heterocycles. The van der Waals surface area contributed by atoms with Crippen molar-refractivity contribution in [3.05, 3.63) is 54.1 Å². The Morgan fingerprint density at radius 3 is 2.77 bits per heavy atom. The quantitative estimate of drug-likeness (QED) is 0.909. The van der Waals surface area contributed by atoms with Crippen molar-refractivity contribution < 1.29 is 4.74 Å². The molecule has 0 spiro atoms. The van der Waals surface area contributed by atoms with Crippen LogP contribution in [0, 0.1) is 0 Å². The molecule has 2 aromatic carbocycles. The molecule has 0 radical (unpaired) electrons. The van der Waals surface area contributed by atoms with Gasteiger partial charge in [-0.05, 0) is 29.8 Å². The third-order valence-electron chi connectivity index (χ3n) is 3.82. The van der Waals surface area contributed by atoms with E-state index in [-0.39, 0.29) is 0 Å². The second-order valence-corrected chi connectivity index (χ2v) is 6.31. The molecule has 0 saturated carbocycles. The van der Waals surface area contributed by atoms with Gasteiger partial charge in [0.1, 0.15) is 5.75 Å². The van der Waals surface area contributed by atoms with Crippen LogP contribution in [0.4, 0.5) is 11.4 Å². The highest BCUT2D eigenvalue weighted by Crippen LogP contribution is 2.42. The largest absolute Gasteiger partial charge is 0.495 e. The fraction of sp³-hybridized carbons (Fsp3) is 0.222. The van der Waals surface area contributed by atoms with E-state index in [1.807, 2.05) is 24.9 Å². The number of ether oxygens (including phenoxy) is 1. The van der Waals surface area contributed by atoms with Gasteiger partial charge in [0, 0.05) is 19.0 Å². The van der Waals surface area contributed by atoms with Crippen LogP contribution in [-0.2, 0) is 0 Å². The zero-order valence-corrected chi connectivity index (χ0v) is 13.9. The van der Waals surface area contributed by atoms with Crippen molar-refractivity contribution in [2.24, 2.45) is 0 Å². The molecule has 0 saturated heterocycles. The Labute approximate surface area is 136 Å². The molecule has 1 heterocycles. The highest BCUT2D eigenvalue weighted by molar-refractivity contribution is 8.00. The second kappa shape index (κ2) is 6.36. The van der Waals surface area contributed by atoms with Crippen LogP contribution in [-0.4, -0.2) is 26.6 Å². The van der Waals surface area contributed by atoms with Crippen molar-refractivity contribution in [3.63, 3.8) is 0 Å². The Kier molecular flexibility index (Phi) is 4.29. The number of methoxy groups -OCH3 is 1. The van der Waals surface area contributed by atoms with E-state index in [1.54, 1.807) is 7.11 Å². The van der Waals surface area contributed by atoms with Crippen LogP contribution in [0.25, 0.3) is 6.08 Å². The first-order valence-corrected chi connectivity index (χ1v) is 8.13. The van der Waals surface area contributed by atoms with Gasteiger partial charge in [-0.1, -0.05) is 42.1 Å². The first kappa shape index (κ1) is 14.9. The number of nitrogens with zero attached hydrogens (tertiary/aromatic N) is 1. The van der Waals surface area contributed by atoms with E-state index in [9.17, 15) is 0 Å². The number of benzene rings is 2. The molecule has 4 heteroatoms. The smallest absolute Gasteiger partial charge is 0.142 e. The zero-order chi connectivity index (χ0) is 15.5. The Hall–Kier alpha value is -2.07.